The minimum atomic E-state index is -0.416. The topological polar surface area (TPSA) is 44.1 Å². The summed E-state index contributed by atoms with van der Waals surface area (Å²) in [4.78, 5) is 11.6. The van der Waals surface area contributed by atoms with E-state index >= 15 is 0 Å². The van der Waals surface area contributed by atoms with Crippen molar-refractivity contribution in [1.29, 1.82) is 0 Å². The molecule has 0 saturated heterocycles. The number of halogens is 1. The third-order valence-corrected chi connectivity index (χ3v) is 2.50. The van der Waals surface area contributed by atoms with Crippen LogP contribution in [0.3, 0.4) is 0 Å². The van der Waals surface area contributed by atoms with Crippen molar-refractivity contribution in [2.45, 2.75) is 33.2 Å². The fraction of sp³-hybridized carbons (Fsp3) is 0.600. The number of hydrogen-bond acceptors (Lipinski definition) is 3. The average molecular weight is 231 g/mol. The molecule has 0 aliphatic heterocycles. The van der Waals surface area contributed by atoms with E-state index in [0.717, 1.165) is 6.42 Å². The molecule has 0 bridgehead atoms. The van der Waals surface area contributed by atoms with E-state index < -0.39 is 5.97 Å². The molecule has 0 fully saturated rings. The minimum absolute atomic E-state index is 0.136. The van der Waals surface area contributed by atoms with Gasteiger partial charge in [-0.1, -0.05) is 18.5 Å². The van der Waals surface area contributed by atoms with Gasteiger partial charge in [0.1, 0.15) is 0 Å². The van der Waals surface area contributed by atoms with Crippen LogP contribution in [-0.4, -0.2) is 22.4 Å². The number of nitrogens with zero attached hydrogens (tertiary/aromatic N) is 2. The van der Waals surface area contributed by atoms with Crippen molar-refractivity contribution in [3.63, 3.8) is 0 Å². The number of ether oxygens (including phenoxy) is 1. The maximum atomic E-state index is 11.6. The summed E-state index contributed by atoms with van der Waals surface area (Å²) in [5, 5.41) is 4.42. The first-order chi connectivity index (χ1) is 7.11. The molecular weight excluding hydrogens is 216 g/mol. The Bertz CT molecular complexity index is 349. The van der Waals surface area contributed by atoms with Gasteiger partial charge in [0.15, 0.2) is 5.69 Å². The van der Waals surface area contributed by atoms with Crippen LogP contribution in [0, 0.1) is 0 Å². The summed E-state index contributed by atoms with van der Waals surface area (Å²) in [6.45, 7) is 6.10. The van der Waals surface area contributed by atoms with Crippen LogP contribution in [0.4, 0.5) is 0 Å². The highest BCUT2D eigenvalue weighted by molar-refractivity contribution is 6.33. The second-order valence-corrected chi connectivity index (χ2v) is 3.67. The fourth-order valence-corrected chi connectivity index (χ4v) is 1.45. The molecule has 0 aliphatic carbocycles. The lowest BCUT2D eigenvalue weighted by Crippen LogP contribution is -2.16. The van der Waals surface area contributed by atoms with Gasteiger partial charge in [0.2, 0.25) is 0 Å². The number of esters is 1. The summed E-state index contributed by atoms with van der Waals surface area (Å²) in [5.41, 5.74) is 0.341. The molecule has 15 heavy (non-hydrogen) atoms. The summed E-state index contributed by atoms with van der Waals surface area (Å²) in [6, 6.07) is 0.136. The van der Waals surface area contributed by atoms with Crippen LogP contribution in [0.15, 0.2) is 6.20 Å². The van der Waals surface area contributed by atoms with Crippen LogP contribution >= 0.6 is 11.6 Å². The number of carbonyl (C=O) groups is 1. The second kappa shape index (κ2) is 5.16. The van der Waals surface area contributed by atoms with E-state index in [2.05, 4.69) is 5.10 Å². The molecule has 1 rings (SSSR count). The zero-order valence-corrected chi connectivity index (χ0v) is 9.91. The smallest absolute Gasteiger partial charge is 0.358 e. The van der Waals surface area contributed by atoms with Crippen LogP contribution < -0.4 is 0 Å². The third-order valence-electron chi connectivity index (χ3n) is 2.23. The predicted octanol–water partition coefficient (Wildman–Crippen LogP) is 2.68. The summed E-state index contributed by atoms with van der Waals surface area (Å²) in [7, 11) is 0. The molecule has 5 heteroatoms. The normalized spacial score (nSPS) is 12.5. The second-order valence-electron chi connectivity index (χ2n) is 3.26. The van der Waals surface area contributed by atoms with E-state index in [1.807, 2.05) is 13.8 Å². The quantitative estimate of drug-likeness (QED) is 0.747. The first-order valence-corrected chi connectivity index (χ1v) is 5.39. The van der Waals surface area contributed by atoms with E-state index in [9.17, 15) is 4.79 Å². The Balaban J connectivity index is 3.03. The number of aromatic nitrogens is 2. The molecule has 0 aliphatic rings. The Morgan fingerprint density at radius 1 is 1.67 bits per heavy atom. The van der Waals surface area contributed by atoms with Crippen LogP contribution in [0.2, 0.25) is 5.02 Å². The summed E-state index contributed by atoms with van der Waals surface area (Å²) >= 11 is 5.89. The maximum absolute atomic E-state index is 11.6. The zero-order valence-electron chi connectivity index (χ0n) is 9.16. The molecule has 1 atom stereocenters. The molecular formula is C10H15ClN2O2. The van der Waals surface area contributed by atoms with Crippen LogP contribution in [-0.2, 0) is 4.74 Å². The van der Waals surface area contributed by atoms with Crippen molar-refractivity contribution in [3.05, 3.63) is 16.9 Å². The summed E-state index contributed by atoms with van der Waals surface area (Å²) in [5.74, 6) is -0.416. The fourth-order valence-electron chi connectivity index (χ4n) is 1.24. The lowest BCUT2D eigenvalue weighted by Gasteiger charge is -2.12. The molecule has 84 valence electrons. The highest BCUT2D eigenvalue weighted by atomic mass is 35.5. The van der Waals surface area contributed by atoms with Crippen LogP contribution in [0.25, 0.3) is 0 Å². The molecule has 0 N–H and O–H groups in total. The summed E-state index contributed by atoms with van der Waals surface area (Å²) in [6.07, 6.45) is 2.35. The Labute approximate surface area is 94.2 Å². The summed E-state index contributed by atoms with van der Waals surface area (Å²) < 4.78 is 6.53. The van der Waals surface area contributed by atoms with Gasteiger partial charge in [-0.3, -0.25) is 4.68 Å². The SMILES string of the molecule is CCOC(=O)c1c(Cl)cnn1[C@@H](C)CC. The Morgan fingerprint density at radius 2 is 2.33 bits per heavy atom. The largest absolute Gasteiger partial charge is 0.461 e. The van der Waals surface area contributed by atoms with E-state index in [4.69, 9.17) is 16.3 Å². The van der Waals surface area contributed by atoms with E-state index in [-0.39, 0.29) is 6.04 Å². The molecule has 1 aromatic heterocycles. The Hall–Kier alpha value is -1.03. The highest BCUT2D eigenvalue weighted by Gasteiger charge is 2.20. The van der Waals surface area contributed by atoms with E-state index in [1.54, 1.807) is 11.6 Å². The standard InChI is InChI=1S/C10H15ClN2O2/c1-4-7(3)13-9(8(11)6-12-13)10(14)15-5-2/h6-7H,4-5H2,1-3H3/t7-/m0/s1. The van der Waals surface area contributed by atoms with Crippen molar-refractivity contribution in [3.8, 4) is 0 Å². The predicted molar refractivity (Wildman–Crippen MR) is 58.2 cm³/mol. The molecule has 0 aromatic carbocycles. The number of hydrogen-bond donors (Lipinski definition) is 0. The average Bonchev–Trinajstić information content (AvgIpc) is 2.59. The van der Waals surface area contributed by atoms with Crippen LogP contribution in [0.5, 0.6) is 0 Å². The molecule has 4 nitrogen and oxygen atoms in total. The minimum Gasteiger partial charge on any atom is -0.461 e. The Kier molecular flexibility index (Phi) is 4.15. The van der Waals surface area contributed by atoms with Gasteiger partial charge >= 0.3 is 5.97 Å². The number of carbonyl (C=O) groups excluding carboxylic acids is 1. The van der Waals surface area contributed by atoms with E-state index in [0.29, 0.717) is 17.3 Å². The van der Waals surface area contributed by atoms with Gasteiger partial charge in [0.25, 0.3) is 0 Å². The monoisotopic (exact) mass is 230 g/mol. The van der Waals surface area contributed by atoms with Crippen molar-refractivity contribution >= 4 is 17.6 Å². The highest BCUT2D eigenvalue weighted by Crippen LogP contribution is 2.21. The van der Waals surface area contributed by atoms with Crippen molar-refractivity contribution < 1.29 is 9.53 Å². The van der Waals surface area contributed by atoms with Crippen molar-refractivity contribution in [2.75, 3.05) is 6.61 Å². The van der Waals surface area contributed by atoms with Gasteiger partial charge in [0.05, 0.1) is 17.8 Å². The maximum Gasteiger partial charge on any atom is 0.358 e. The molecule has 0 unspecified atom stereocenters. The first-order valence-electron chi connectivity index (χ1n) is 5.01. The van der Waals surface area contributed by atoms with Gasteiger partial charge in [0, 0.05) is 6.04 Å². The Morgan fingerprint density at radius 3 is 2.87 bits per heavy atom. The van der Waals surface area contributed by atoms with Gasteiger partial charge in [-0.05, 0) is 20.3 Å². The van der Waals surface area contributed by atoms with Crippen molar-refractivity contribution in [2.24, 2.45) is 0 Å². The molecule has 0 spiro atoms. The molecule has 0 amide bonds. The molecule has 1 aromatic rings. The zero-order chi connectivity index (χ0) is 11.4. The van der Waals surface area contributed by atoms with Gasteiger partial charge < -0.3 is 4.74 Å². The third kappa shape index (κ3) is 2.50. The van der Waals surface area contributed by atoms with Crippen molar-refractivity contribution in [1.82, 2.24) is 9.78 Å². The van der Waals surface area contributed by atoms with Crippen LogP contribution in [0.1, 0.15) is 43.7 Å². The molecule has 0 radical (unpaired) electrons. The molecule has 1 heterocycles. The molecule has 0 saturated carbocycles. The lowest BCUT2D eigenvalue weighted by atomic mass is 10.2. The van der Waals surface area contributed by atoms with E-state index in [1.165, 1.54) is 6.20 Å². The lowest BCUT2D eigenvalue weighted by molar-refractivity contribution is 0.0509. The van der Waals surface area contributed by atoms with Gasteiger partial charge in [-0.15, -0.1) is 0 Å². The first kappa shape index (κ1) is 12.0. The number of rotatable bonds is 4. The van der Waals surface area contributed by atoms with Gasteiger partial charge in [-0.25, -0.2) is 4.79 Å². The van der Waals surface area contributed by atoms with Gasteiger partial charge in [-0.2, -0.15) is 5.10 Å².